The Kier molecular flexibility index (Phi) is 4.63. The van der Waals surface area contributed by atoms with Gasteiger partial charge in [-0.1, -0.05) is 60.7 Å². The van der Waals surface area contributed by atoms with Gasteiger partial charge >= 0.3 is 0 Å². The van der Waals surface area contributed by atoms with Crippen LogP contribution in [0.4, 0.5) is 0 Å². The monoisotopic (exact) mass is 323 g/mol. The first-order chi connectivity index (χ1) is 11.9. The molecule has 24 heavy (non-hydrogen) atoms. The van der Waals surface area contributed by atoms with Crippen LogP contribution in [0.1, 0.15) is 17.2 Å². The highest BCUT2D eigenvalue weighted by Crippen LogP contribution is 2.42. The molecule has 2 aliphatic heterocycles. The van der Waals surface area contributed by atoms with Gasteiger partial charge in [0.25, 0.3) is 0 Å². The van der Waals surface area contributed by atoms with E-state index in [1.165, 1.54) is 11.1 Å². The van der Waals surface area contributed by atoms with Gasteiger partial charge in [0.05, 0.1) is 6.61 Å². The maximum Gasteiger partial charge on any atom is 0.129 e. The van der Waals surface area contributed by atoms with Gasteiger partial charge in [-0.2, -0.15) is 0 Å². The van der Waals surface area contributed by atoms with E-state index >= 15 is 0 Å². The molecule has 126 valence electrons. The first kappa shape index (κ1) is 15.8. The van der Waals surface area contributed by atoms with E-state index in [0.717, 1.165) is 39.3 Å². The number of nitrogens with one attached hydrogen (secondary N) is 2. The number of ether oxygens (including phenoxy) is 1. The van der Waals surface area contributed by atoms with Gasteiger partial charge in [-0.05, 0) is 11.1 Å². The average Bonchev–Trinajstić information content (AvgIpc) is 2.70. The lowest BCUT2D eigenvalue weighted by Gasteiger charge is -2.53. The van der Waals surface area contributed by atoms with E-state index in [2.05, 4.69) is 76.2 Å². The minimum Gasteiger partial charge on any atom is -0.368 e. The molecule has 2 saturated heterocycles. The van der Waals surface area contributed by atoms with Crippen molar-refractivity contribution in [2.75, 3.05) is 39.3 Å². The maximum atomic E-state index is 6.36. The number of rotatable bonds is 3. The molecule has 0 radical (unpaired) electrons. The largest absolute Gasteiger partial charge is 0.368 e. The quantitative estimate of drug-likeness (QED) is 0.907. The Morgan fingerprint density at radius 1 is 0.875 bits per heavy atom. The third kappa shape index (κ3) is 2.76. The number of benzene rings is 2. The summed E-state index contributed by atoms with van der Waals surface area (Å²) in [6.07, 6.45) is -0.0204. The second-order valence-corrected chi connectivity index (χ2v) is 6.46. The molecule has 4 rings (SSSR count). The molecule has 0 aliphatic carbocycles. The van der Waals surface area contributed by atoms with Crippen molar-refractivity contribution < 1.29 is 4.74 Å². The first-order valence-corrected chi connectivity index (χ1v) is 8.84. The lowest BCUT2D eigenvalue weighted by Crippen LogP contribution is -2.66. The number of hydrogen-bond acceptors (Lipinski definition) is 4. The molecule has 0 amide bonds. The van der Waals surface area contributed by atoms with E-state index in [1.54, 1.807) is 0 Å². The summed E-state index contributed by atoms with van der Waals surface area (Å²) < 4.78 is 6.36. The molecule has 0 bridgehead atoms. The van der Waals surface area contributed by atoms with Crippen LogP contribution in [-0.4, -0.2) is 44.2 Å². The van der Waals surface area contributed by atoms with Gasteiger partial charge < -0.3 is 10.1 Å². The molecule has 2 atom stereocenters. The van der Waals surface area contributed by atoms with Crippen molar-refractivity contribution in [2.45, 2.75) is 11.8 Å². The Balaban J connectivity index is 1.83. The van der Waals surface area contributed by atoms with Crippen molar-refractivity contribution in [3.05, 3.63) is 71.8 Å². The van der Waals surface area contributed by atoms with Crippen molar-refractivity contribution in [1.29, 1.82) is 0 Å². The SMILES string of the molecule is c1ccc(C2OCCNC2(c2ccccc2)N2CCNCC2)cc1. The van der Waals surface area contributed by atoms with Gasteiger partial charge in [-0.15, -0.1) is 0 Å². The van der Waals surface area contributed by atoms with Crippen LogP contribution in [0.25, 0.3) is 0 Å². The lowest BCUT2D eigenvalue weighted by molar-refractivity contribution is -0.134. The molecule has 2 aliphatic rings. The van der Waals surface area contributed by atoms with E-state index in [-0.39, 0.29) is 11.8 Å². The van der Waals surface area contributed by atoms with Crippen LogP contribution in [0, 0.1) is 0 Å². The molecule has 0 aromatic heterocycles. The lowest BCUT2D eigenvalue weighted by atomic mass is 9.85. The van der Waals surface area contributed by atoms with Gasteiger partial charge in [0, 0.05) is 32.7 Å². The van der Waals surface area contributed by atoms with Gasteiger partial charge in [0.15, 0.2) is 0 Å². The van der Waals surface area contributed by atoms with Crippen molar-refractivity contribution in [3.8, 4) is 0 Å². The summed E-state index contributed by atoms with van der Waals surface area (Å²) in [5.41, 5.74) is 2.19. The average molecular weight is 323 g/mol. The van der Waals surface area contributed by atoms with Crippen molar-refractivity contribution >= 4 is 0 Å². The van der Waals surface area contributed by atoms with E-state index in [9.17, 15) is 0 Å². The summed E-state index contributed by atoms with van der Waals surface area (Å²) in [5.74, 6) is 0. The Morgan fingerprint density at radius 3 is 2.25 bits per heavy atom. The fourth-order valence-electron chi connectivity index (χ4n) is 4.02. The molecular formula is C20H25N3O. The zero-order chi connectivity index (χ0) is 16.2. The summed E-state index contributed by atoms with van der Waals surface area (Å²) in [7, 11) is 0. The van der Waals surface area contributed by atoms with Crippen LogP contribution in [0.2, 0.25) is 0 Å². The van der Waals surface area contributed by atoms with E-state index in [1.807, 2.05) is 0 Å². The van der Waals surface area contributed by atoms with Crippen LogP contribution in [0.3, 0.4) is 0 Å². The predicted molar refractivity (Wildman–Crippen MR) is 95.7 cm³/mol. The molecule has 2 aromatic rings. The fraction of sp³-hybridized carbons (Fsp3) is 0.400. The van der Waals surface area contributed by atoms with E-state index in [4.69, 9.17) is 4.74 Å². The van der Waals surface area contributed by atoms with E-state index < -0.39 is 0 Å². The third-order valence-electron chi connectivity index (χ3n) is 5.09. The minimum absolute atomic E-state index is 0.0204. The van der Waals surface area contributed by atoms with Crippen LogP contribution >= 0.6 is 0 Å². The fourth-order valence-corrected chi connectivity index (χ4v) is 4.02. The van der Waals surface area contributed by atoms with Gasteiger partial charge in [0.2, 0.25) is 0 Å². The Labute approximate surface area is 143 Å². The zero-order valence-electron chi connectivity index (χ0n) is 13.9. The van der Waals surface area contributed by atoms with Gasteiger partial charge in [-0.25, -0.2) is 0 Å². The highest BCUT2D eigenvalue weighted by molar-refractivity contribution is 5.32. The number of morpholine rings is 1. The Hall–Kier alpha value is -1.72. The van der Waals surface area contributed by atoms with Crippen LogP contribution in [0.5, 0.6) is 0 Å². The van der Waals surface area contributed by atoms with Gasteiger partial charge in [-0.3, -0.25) is 10.2 Å². The minimum atomic E-state index is -0.317. The van der Waals surface area contributed by atoms with Crippen molar-refractivity contribution in [3.63, 3.8) is 0 Å². The number of hydrogen-bond donors (Lipinski definition) is 2. The first-order valence-electron chi connectivity index (χ1n) is 8.84. The summed E-state index contributed by atoms with van der Waals surface area (Å²) in [4.78, 5) is 2.55. The van der Waals surface area contributed by atoms with Crippen molar-refractivity contribution in [2.24, 2.45) is 0 Å². The summed E-state index contributed by atoms with van der Waals surface area (Å²) >= 11 is 0. The molecular weight excluding hydrogens is 298 g/mol. The molecule has 4 nitrogen and oxygen atoms in total. The molecule has 4 heteroatoms. The molecule has 0 spiro atoms. The molecule has 2 unspecified atom stereocenters. The molecule has 2 aromatic carbocycles. The molecule has 2 fully saturated rings. The number of nitrogens with zero attached hydrogens (tertiary/aromatic N) is 1. The van der Waals surface area contributed by atoms with Crippen LogP contribution in [0.15, 0.2) is 60.7 Å². The smallest absolute Gasteiger partial charge is 0.129 e. The van der Waals surface area contributed by atoms with Crippen molar-refractivity contribution in [1.82, 2.24) is 15.5 Å². The predicted octanol–water partition coefficient (Wildman–Crippen LogP) is 2.11. The molecule has 0 saturated carbocycles. The topological polar surface area (TPSA) is 36.5 Å². The summed E-state index contributed by atoms with van der Waals surface area (Å²) in [6.45, 7) is 5.64. The second-order valence-electron chi connectivity index (χ2n) is 6.46. The standard InChI is InChI=1S/C20H25N3O/c1-3-7-17(8-4-1)19-20(22-13-16-24-19,18-9-5-2-6-10-18)23-14-11-21-12-15-23/h1-10,19,21-22H,11-16H2. The van der Waals surface area contributed by atoms with Crippen LogP contribution in [-0.2, 0) is 10.4 Å². The van der Waals surface area contributed by atoms with Gasteiger partial charge in [0.1, 0.15) is 11.8 Å². The summed E-state index contributed by atoms with van der Waals surface area (Å²) in [5, 5.41) is 7.31. The number of piperazine rings is 1. The highest BCUT2D eigenvalue weighted by Gasteiger charge is 2.48. The Morgan fingerprint density at radius 2 is 1.54 bits per heavy atom. The zero-order valence-corrected chi connectivity index (χ0v) is 13.9. The third-order valence-corrected chi connectivity index (χ3v) is 5.09. The molecule has 2 N–H and O–H groups in total. The highest BCUT2D eigenvalue weighted by atomic mass is 16.5. The van der Waals surface area contributed by atoms with E-state index in [0.29, 0.717) is 0 Å². The maximum absolute atomic E-state index is 6.36. The second kappa shape index (κ2) is 7.03. The Bertz CT molecular complexity index is 642. The summed E-state index contributed by atoms with van der Waals surface area (Å²) in [6, 6.07) is 21.4. The van der Waals surface area contributed by atoms with Crippen LogP contribution < -0.4 is 10.6 Å². The molecule has 2 heterocycles. The normalized spacial score (nSPS) is 28.6.